The van der Waals surface area contributed by atoms with E-state index in [1.54, 1.807) is 0 Å². The van der Waals surface area contributed by atoms with Crippen LogP contribution in [0.4, 0.5) is 0 Å². The van der Waals surface area contributed by atoms with Gasteiger partial charge in [0.05, 0.1) is 0 Å². The summed E-state index contributed by atoms with van der Waals surface area (Å²) in [7, 11) is 0. The Morgan fingerprint density at radius 2 is 1.67 bits per heavy atom. The van der Waals surface area contributed by atoms with Gasteiger partial charge in [0.1, 0.15) is 0 Å². The lowest BCUT2D eigenvalue weighted by atomic mass is 10.2. The minimum atomic E-state index is 0. The third-order valence-corrected chi connectivity index (χ3v) is 2.90. The molecule has 1 fully saturated rings. The van der Waals surface area contributed by atoms with Crippen molar-refractivity contribution in [1.29, 1.82) is 0 Å². The van der Waals surface area contributed by atoms with Gasteiger partial charge in [-0.3, -0.25) is 4.79 Å². The molecule has 0 radical (unpaired) electrons. The molecule has 18 heavy (non-hydrogen) atoms. The van der Waals surface area contributed by atoms with Crippen LogP contribution in [0.5, 0.6) is 0 Å². The van der Waals surface area contributed by atoms with Crippen molar-refractivity contribution >= 4 is 17.5 Å². The Kier molecular flexibility index (Phi) is 8.47. The number of hydrogen-bond donors (Lipinski definition) is 0. The van der Waals surface area contributed by atoms with Gasteiger partial charge in [0, 0.05) is 24.0 Å². The van der Waals surface area contributed by atoms with Crippen LogP contribution in [0.15, 0.2) is 30.3 Å². The lowest BCUT2D eigenvalue weighted by Gasteiger charge is -2.17. The van der Waals surface area contributed by atoms with Crippen molar-refractivity contribution in [1.82, 2.24) is 4.90 Å². The van der Waals surface area contributed by atoms with E-state index in [2.05, 4.69) is 0 Å². The molecule has 1 amide bonds. The topological polar surface area (TPSA) is 20.3 Å². The molecule has 1 aliphatic heterocycles. The van der Waals surface area contributed by atoms with Gasteiger partial charge in [-0.2, -0.15) is 0 Å². The summed E-state index contributed by atoms with van der Waals surface area (Å²) >= 11 is 5.54. The van der Waals surface area contributed by atoms with E-state index in [0.717, 1.165) is 18.1 Å². The van der Waals surface area contributed by atoms with E-state index >= 15 is 0 Å². The first kappa shape index (κ1) is 17.0. The molecule has 2 rings (SSSR count). The summed E-state index contributed by atoms with van der Waals surface area (Å²) < 4.78 is 0. The summed E-state index contributed by atoms with van der Waals surface area (Å²) in [5.74, 6) is 0.496. The summed E-state index contributed by atoms with van der Waals surface area (Å²) in [4.78, 5) is 13.2. The second-order valence-electron chi connectivity index (χ2n) is 4.48. The number of hydrogen-bond acceptors (Lipinski definition) is 1. The minimum absolute atomic E-state index is 0. The molecule has 0 aromatic heterocycles. The Morgan fingerprint density at radius 3 is 2.00 bits per heavy atom. The summed E-state index contributed by atoms with van der Waals surface area (Å²) in [6, 6.07) is 9.44. The standard InChI is InChI=1S/C8H15NO.C6H5Cl.CH4/c1-7(2)8(10)9-5-3-4-6-9;7-6-4-2-1-3-5-6;/h7H,3-6H2,1-2H3;1-5H;1H4. The largest absolute Gasteiger partial charge is 0.342 e. The highest BCUT2D eigenvalue weighted by Crippen LogP contribution is 2.10. The monoisotopic (exact) mass is 269 g/mol. The van der Waals surface area contributed by atoms with E-state index in [4.69, 9.17) is 11.6 Å². The lowest BCUT2D eigenvalue weighted by molar-refractivity contribution is -0.133. The van der Waals surface area contributed by atoms with Gasteiger partial charge in [-0.15, -0.1) is 0 Å². The van der Waals surface area contributed by atoms with Crippen LogP contribution in [-0.4, -0.2) is 23.9 Å². The van der Waals surface area contributed by atoms with Crippen molar-refractivity contribution in [2.75, 3.05) is 13.1 Å². The van der Waals surface area contributed by atoms with Gasteiger partial charge < -0.3 is 4.90 Å². The van der Waals surface area contributed by atoms with Crippen molar-refractivity contribution < 1.29 is 4.79 Å². The normalized spacial score (nSPS) is 13.7. The number of likely N-dealkylation sites (tertiary alicyclic amines) is 1. The van der Waals surface area contributed by atoms with Crippen molar-refractivity contribution in [2.45, 2.75) is 34.1 Å². The summed E-state index contributed by atoms with van der Waals surface area (Å²) in [6.45, 7) is 5.88. The zero-order valence-corrected chi connectivity index (χ0v) is 11.3. The maximum absolute atomic E-state index is 11.3. The number of carbonyl (C=O) groups excluding carboxylic acids is 1. The molecule has 1 aliphatic rings. The number of carbonyl (C=O) groups is 1. The zero-order chi connectivity index (χ0) is 12.7. The summed E-state index contributed by atoms with van der Waals surface area (Å²) in [5.41, 5.74) is 0. The fourth-order valence-corrected chi connectivity index (χ4v) is 1.86. The first-order valence-electron chi connectivity index (χ1n) is 6.10. The molecule has 0 spiro atoms. The average molecular weight is 270 g/mol. The van der Waals surface area contributed by atoms with E-state index < -0.39 is 0 Å². The van der Waals surface area contributed by atoms with Crippen molar-refractivity contribution in [3.8, 4) is 0 Å². The van der Waals surface area contributed by atoms with E-state index in [-0.39, 0.29) is 13.3 Å². The van der Waals surface area contributed by atoms with Crippen LogP contribution < -0.4 is 0 Å². The Balaban J connectivity index is 0.000000321. The van der Waals surface area contributed by atoms with Gasteiger partial charge in [-0.25, -0.2) is 0 Å². The molecule has 0 N–H and O–H groups in total. The molecule has 3 heteroatoms. The zero-order valence-electron chi connectivity index (χ0n) is 10.5. The maximum Gasteiger partial charge on any atom is 0.225 e. The molecule has 0 atom stereocenters. The van der Waals surface area contributed by atoms with Crippen LogP contribution in [0.25, 0.3) is 0 Å². The number of rotatable bonds is 1. The van der Waals surface area contributed by atoms with Crippen molar-refractivity contribution in [3.05, 3.63) is 35.4 Å². The second-order valence-corrected chi connectivity index (χ2v) is 4.92. The van der Waals surface area contributed by atoms with Gasteiger partial charge >= 0.3 is 0 Å². The molecular formula is C15H24ClNO. The fourth-order valence-electron chi connectivity index (χ4n) is 1.72. The molecule has 102 valence electrons. The highest BCUT2D eigenvalue weighted by Gasteiger charge is 2.19. The van der Waals surface area contributed by atoms with E-state index in [9.17, 15) is 4.79 Å². The van der Waals surface area contributed by atoms with Gasteiger partial charge in [0.2, 0.25) is 5.91 Å². The Bertz CT molecular complexity index is 332. The average Bonchev–Trinajstić information content (AvgIpc) is 2.83. The van der Waals surface area contributed by atoms with E-state index in [1.807, 2.05) is 49.1 Å². The third kappa shape index (κ3) is 6.06. The number of benzene rings is 1. The van der Waals surface area contributed by atoms with Crippen LogP contribution in [0.3, 0.4) is 0 Å². The molecule has 1 aromatic carbocycles. The van der Waals surface area contributed by atoms with Gasteiger partial charge in [0.15, 0.2) is 0 Å². The predicted octanol–water partition coefficient (Wildman–Crippen LogP) is 4.24. The van der Waals surface area contributed by atoms with Crippen LogP contribution in [0, 0.1) is 5.92 Å². The van der Waals surface area contributed by atoms with E-state index in [0.29, 0.717) is 5.91 Å². The number of nitrogens with zero attached hydrogens (tertiary/aromatic N) is 1. The Morgan fingerprint density at radius 1 is 1.17 bits per heavy atom. The molecular weight excluding hydrogens is 246 g/mol. The SMILES string of the molecule is C.CC(C)C(=O)N1CCCC1.Clc1ccccc1. The summed E-state index contributed by atoms with van der Waals surface area (Å²) in [5, 5.41) is 0.794. The summed E-state index contributed by atoms with van der Waals surface area (Å²) in [6.07, 6.45) is 2.39. The molecule has 2 nitrogen and oxygen atoms in total. The quantitative estimate of drug-likeness (QED) is 0.747. The highest BCUT2D eigenvalue weighted by molar-refractivity contribution is 6.30. The minimum Gasteiger partial charge on any atom is -0.342 e. The smallest absolute Gasteiger partial charge is 0.225 e. The molecule has 1 saturated heterocycles. The van der Waals surface area contributed by atoms with Gasteiger partial charge in [-0.05, 0) is 25.0 Å². The highest BCUT2D eigenvalue weighted by atomic mass is 35.5. The number of halogens is 1. The van der Waals surface area contributed by atoms with Gasteiger partial charge in [-0.1, -0.05) is 51.1 Å². The lowest BCUT2D eigenvalue weighted by Crippen LogP contribution is -2.31. The second kappa shape index (κ2) is 8.98. The Labute approximate surface area is 116 Å². The Hall–Kier alpha value is -1.02. The first-order valence-corrected chi connectivity index (χ1v) is 6.48. The predicted molar refractivity (Wildman–Crippen MR) is 78.8 cm³/mol. The molecule has 1 aromatic rings. The van der Waals surface area contributed by atoms with Crippen LogP contribution in [-0.2, 0) is 4.79 Å². The first-order chi connectivity index (χ1) is 8.11. The third-order valence-electron chi connectivity index (χ3n) is 2.64. The van der Waals surface area contributed by atoms with Crippen LogP contribution >= 0.6 is 11.6 Å². The van der Waals surface area contributed by atoms with Crippen LogP contribution in [0.2, 0.25) is 5.02 Å². The molecule has 0 bridgehead atoms. The van der Waals surface area contributed by atoms with Gasteiger partial charge in [0.25, 0.3) is 0 Å². The van der Waals surface area contributed by atoms with Crippen LogP contribution in [0.1, 0.15) is 34.1 Å². The fraction of sp³-hybridized carbons (Fsp3) is 0.533. The van der Waals surface area contributed by atoms with E-state index in [1.165, 1.54) is 12.8 Å². The molecule has 0 saturated carbocycles. The van der Waals surface area contributed by atoms with Crippen molar-refractivity contribution in [3.63, 3.8) is 0 Å². The molecule has 0 unspecified atom stereocenters. The van der Waals surface area contributed by atoms with Crippen molar-refractivity contribution in [2.24, 2.45) is 5.92 Å². The molecule has 0 aliphatic carbocycles. The number of amides is 1. The molecule has 1 heterocycles. The maximum atomic E-state index is 11.3.